The van der Waals surface area contributed by atoms with Crippen molar-refractivity contribution in [2.75, 3.05) is 20.1 Å². The fourth-order valence-corrected chi connectivity index (χ4v) is 3.87. The maximum atomic E-state index is 3.41. The van der Waals surface area contributed by atoms with Crippen LogP contribution in [0.3, 0.4) is 0 Å². The molecule has 1 aliphatic heterocycles. The zero-order chi connectivity index (χ0) is 12.1. The van der Waals surface area contributed by atoms with Crippen molar-refractivity contribution in [3.05, 3.63) is 0 Å². The van der Waals surface area contributed by atoms with Crippen molar-refractivity contribution in [3.63, 3.8) is 0 Å². The molecule has 0 radical (unpaired) electrons. The standard InChI is InChI=1S/C15H30N2/c1-3-14(16-2)8-6-11-17-12-10-13-7-4-5-9-15(13)17/h13-16H,3-12H2,1-2H3. The molecule has 3 unspecified atom stereocenters. The third kappa shape index (κ3) is 3.45. The lowest BCUT2D eigenvalue weighted by molar-refractivity contribution is 0.178. The van der Waals surface area contributed by atoms with Crippen LogP contribution in [0.2, 0.25) is 0 Å². The second-order valence-corrected chi connectivity index (χ2v) is 5.97. The van der Waals surface area contributed by atoms with E-state index in [1.807, 2.05) is 0 Å². The van der Waals surface area contributed by atoms with Crippen molar-refractivity contribution in [2.45, 2.75) is 70.4 Å². The van der Waals surface area contributed by atoms with Crippen LogP contribution in [0.25, 0.3) is 0 Å². The van der Waals surface area contributed by atoms with Gasteiger partial charge in [-0.1, -0.05) is 19.8 Å². The number of hydrogen-bond donors (Lipinski definition) is 1. The predicted octanol–water partition coefficient (Wildman–Crippen LogP) is 3.03. The van der Waals surface area contributed by atoms with Gasteiger partial charge in [-0.2, -0.15) is 0 Å². The molecule has 0 aromatic heterocycles. The Labute approximate surface area is 107 Å². The van der Waals surface area contributed by atoms with Crippen LogP contribution in [-0.4, -0.2) is 37.1 Å². The van der Waals surface area contributed by atoms with E-state index in [9.17, 15) is 0 Å². The van der Waals surface area contributed by atoms with Gasteiger partial charge in [0, 0.05) is 12.1 Å². The first-order valence-corrected chi connectivity index (χ1v) is 7.76. The highest BCUT2D eigenvalue weighted by atomic mass is 15.2. The Morgan fingerprint density at radius 2 is 2.06 bits per heavy atom. The van der Waals surface area contributed by atoms with Gasteiger partial charge in [0.25, 0.3) is 0 Å². The van der Waals surface area contributed by atoms with Crippen LogP contribution in [0.15, 0.2) is 0 Å². The lowest BCUT2D eigenvalue weighted by Crippen LogP contribution is -2.36. The maximum absolute atomic E-state index is 3.41. The molecule has 0 amide bonds. The highest BCUT2D eigenvalue weighted by Crippen LogP contribution is 2.36. The molecule has 100 valence electrons. The van der Waals surface area contributed by atoms with Crippen LogP contribution in [-0.2, 0) is 0 Å². The summed E-state index contributed by atoms with van der Waals surface area (Å²) in [7, 11) is 2.10. The lowest BCUT2D eigenvalue weighted by atomic mass is 9.85. The van der Waals surface area contributed by atoms with Gasteiger partial charge < -0.3 is 10.2 Å². The van der Waals surface area contributed by atoms with Crippen molar-refractivity contribution in [3.8, 4) is 0 Å². The van der Waals surface area contributed by atoms with Gasteiger partial charge in [-0.25, -0.2) is 0 Å². The van der Waals surface area contributed by atoms with E-state index in [1.165, 1.54) is 64.5 Å². The Morgan fingerprint density at radius 3 is 2.82 bits per heavy atom. The van der Waals surface area contributed by atoms with Crippen LogP contribution < -0.4 is 5.32 Å². The smallest absolute Gasteiger partial charge is 0.0124 e. The minimum Gasteiger partial charge on any atom is -0.317 e. The number of nitrogens with one attached hydrogen (secondary N) is 1. The van der Waals surface area contributed by atoms with Crippen LogP contribution in [0.4, 0.5) is 0 Å². The monoisotopic (exact) mass is 238 g/mol. The number of likely N-dealkylation sites (tertiary alicyclic amines) is 1. The average molecular weight is 238 g/mol. The Kier molecular flexibility index (Phi) is 5.30. The van der Waals surface area contributed by atoms with E-state index in [4.69, 9.17) is 0 Å². The fourth-order valence-electron chi connectivity index (χ4n) is 3.87. The first-order chi connectivity index (χ1) is 8.35. The van der Waals surface area contributed by atoms with E-state index < -0.39 is 0 Å². The normalized spacial score (nSPS) is 31.4. The molecular formula is C15H30N2. The third-order valence-corrected chi connectivity index (χ3v) is 5.02. The van der Waals surface area contributed by atoms with Gasteiger partial charge in [0.15, 0.2) is 0 Å². The van der Waals surface area contributed by atoms with Gasteiger partial charge in [0.05, 0.1) is 0 Å². The second-order valence-electron chi connectivity index (χ2n) is 5.97. The summed E-state index contributed by atoms with van der Waals surface area (Å²) in [6, 6.07) is 1.69. The summed E-state index contributed by atoms with van der Waals surface area (Å²) in [6.45, 7) is 5.01. The molecule has 0 aromatic rings. The largest absolute Gasteiger partial charge is 0.317 e. The van der Waals surface area contributed by atoms with Crippen LogP contribution in [0.5, 0.6) is 0 Å². The zero-order valence-electron chi connectivity index (χ0n) is 11.8. The van der Waals surface area contributed by atoms with Gasteiger partial charge >= 0.3 is 0 Å². The van der Waals surface area contributed by atoms with E-state index >= 15 is 0 Å². The molecule has 0 spiro atoms. The Morgan fingerprint density at radius 1 is 1.24 bits per heavy atom. The molecule has 1 saturated heterocycles. The fraction of sp³-hybridized carbons (Fsp3) is 1.00. The summed E-state index contributed by atoms with van der Waals surface area (Å²) in [6.07, 6.45) is 11.4. The molecule has 2 nitrogen and oxygen atoms in total. The molecule has 3 atom stereocenters. The Hall–Kier alpha value is -0.0800. The van der Waals surface area contributed by atoms with E-state index in [0.29, 0.717) is 0 Å². The number of rotatable bonds is 6. The molecular weight excluding hydrogens is 208 g/mol. The van der Waals surface area contributed by atoms with E-state index in [1.54, 1.807) is 0 Å². The molecule has 1 heterocycles. The van der Waals surface area contributed by atoms with E-state index in [2.05, 4.69) is 24.2 Å². The molecule has 2 rings (SSSR count). The number of nitrogens with zero attached hydrogens (tertiary/aromatic N) is 1. The summed E-state index contributed by atoms with van der Waals surface area (Å²) in [5, 5.41) is 3.41. The molecule has 2 heteroatoms. The molecule has 1 saturated carbocycles. The highest BCUT2D eigenvalue weighted by Gasteiger charge is 2.34. The molecule has 1 N–H and O–H groups in total. The summed E-state index contributed by atoms with van der Waals surface area (Å²) < 4.78 is 0. The molecule has 0 bridgehead atoms. The van der Waals surface area contributed by atoms with Gasteiger partial charge in [0.1, 0.15) is 0 Å². The van der Waals surface area contributed by atoms with Crippen LogP contribution >= 0.6 is 0 Å². The van der Waals surface area contributed by atoms with Crippen molar-refractivity contribution in [1.82, 2.24) is 10.2 Å². The number of fused-ring (bicyclic) bond motifs is 1. The van der Waals surface area contributed by atoms with Crippen molar-refractivity contribution in [1.29, 1.82) is 0 Å². The zero-order valence-corrected chi connectivity index (χ0v) is 11.8. The third-order valence-electron chi connectivity index (χ3n) is 5.02. The first-order valence-electron chi connectivity index (χ1n) is 7.76. The predicted molar refractivity (Wildman–Crippen MR) is 74.3 cm³/mol. The van der Waals surface area contributed by atoms with Gasteiger partial charge in [-0.3, -0.25) is 0 Å². The molecule has 0 aromatic carbocycles. The van der Waals surface area contributed by atoms with Crippen LogP contribution in [0, 0.1) is 5.92 Å². The van der Waals surface area contributed by atoms with Gasteiger partial charge in [-0.05, 0) is 64.6 Å². The average Bonchev–Trinajstić information content (AvgIpc) is 2.78. The maximum Gasteiger partial charge on any atom is 0.0124 e. The SMILES string of the molecule is CCC(CCCN1CCC2CCCCC21)NC. The molecule has 2 aliphatic rings. The van der Waals surface area contributed by atoms with Crippen molar-refractivity contribution < 1.29 is 0 Å². The van der Waals surface area contributed by atoms with Gasteiger partial charge in [-0.15, -0.1) is 0 Å². The van der Waals surface area contributed by atoms with Gasteiger partial charge in [0.2, 0.25) is 0 Å². The lowest BCUT2D eigenvalue weighted by Gasteiger charge is -2.32. The summed E-state index contributed by atoms with van der Waals surface area (Å²) in [5.74, 6) is 1.05. The summed E-state index contributed by atoms with van der Waals surface area (Å²) in [5.41, 5.74) is 0. The summed E-state index contributed by atoms with van der Waals surface area (Å²) in [4.78, 5) is 2.80. The molecule has 1 aliphatic carbocycles. The molecule has 2 fully saturated rings. The van der Waals surface area contributed by atoms with Crippen LogP contribution in [0.1, 0.15) is 58.3 Å². The van der Waals surface area contributed by atoms with E-state index in [-0.39, 0.29) is 0 Å². The Balaban J connectivity index is 1.69. The quantitative estimate of drug-likeness (QED) is 0.765. The highest BCUT2D eigenvalue weighted by molar-refractivity contribution is 4.89. The second kappa shape index (κ2) is 6.75. The molecule has 17 heavy (non-hydrogen) atoms. The minimum atomic E-state index is 0.736. The van der Waals surface area contributed by atoms with E-state index in [0.717, 1.165) is 18.0 Å². The topological polar surface area (TPSA) is 15.3 Å². The summed E-state index contributed by atoms with van der Waals surface area (Å²) >= 11 is 0. The Bertz CT molecular complexity index is 213. The minimum absolute atomic E-state index is 0.736. The number of hydrogen-bond acceptors (Lipinski definition) is 2. The van der Waals surface area contributed by atoms with Crippen molar-refractivity contribution in [2.24, 2.45) is 5.92 Å². The first kappa shape index (κ1) is 13.4. The van der Waals surface area contributed by atoms with Crippen molar-refractivity contribution >= 4 is 0 Å².